The number of nitrogens with zero attached hydrogens (tertiary/aromatic N) is 1. The number of rotatable bonds is 5. The van der Waals surface area contributed by atoms with E-state index in [0.29, 0.717) is 44.7 Å². The lowest BCUT2D eigenvalue weighted by molar-refractivity contribution is 0.0839. The van der Waals surface area contributed by atoms with Gasteiger partial charge in [-0.05, 0) is 84.7 Å². The lowest BCUT2D eigenvalue weighted by atomic mass is 9.62. The van der Waals surface area contributed by atoms with Crippen LogP contribution in [-0.2, 0) is 22.0 Å². The molecule has 0 bridgehead atoms. The second-order valence-corrected chi connectivity index (χ2v) is 11.5. The number of likely N-dealkylation sites (tertiary alicyclic amines) is 1. The molecule has 1 aliphatic carbocycles. The molecule has 0 unspecified atom stereocenters. The maximum Gasteiger partial charge on any atom is 0.409 e. The van der Waals surface area contributed by atoms with Crippen LogP contribution in [-0.4, -0.2) is 42.6 Å². The highest BCUT2D eigenvalue weighted by atomic mass is 16.6. The monoisotopic (exact) mass is 480 g/mol. The van der Waals surface area contributed by atoms with Gasteiger partial charge in [0.25, 0.3) is 5.91 Å². The Morgan fingerprint density at radius 1 is 1.06 bits per heavy atom. The highest BCUT2D eigenvalue weighted by Gasteiger charge is 2.37. The van der Waals surface area contributed by atoms with Crippen LogP contribution in [0.2, 0.25) is 0 Å². The number of benzene rings is 1. The summed E-state index contributed by atoms with van der Waals surface area (Å²) in [7, 11) is 0. The normalized spacial score (nSPS) is 19.2. The van der Waals surface area contributed by atoms with Crippen molar-refractivity contribution in [3.8, 4) is 0 Å². The number of fused-ring (bicyclic) bond motifs is 1. The van der Waals surface area contributed by atoms with Crippen LogP contribution in [0.5, 0.6) is 0 Å². The van der Waals surface area contributed by atoms with Gasteiger partial charge in [0.2, 0.25) is 0 Å². The summed E-state index contributed by atoms with van der Waals surface area (Å²) in [5.74, 6) is 0.934. The molecule has 0 radical (unpaired) electrons. The highest BCUT2D eigenvalue weighted by molar-refractivity contribution is 5.91. The summed E-state index contributed by atoms with van der Waals surface area (Å²) in [4.78, 5) is 26.4. The molecule has 2 aliphatic rings. The van der Waals surface area contributed by atoms with Crippen LogP contribution in [0, 0.1) is 6.92 Å². The van der Waals surface area contributed by atoms with E-state index in [9.17, 15) is 9.59 Å². The van der Waals surface area contributed by atoms with Crippen molar-refractivity contribution in [1.82, 2.24) is 10.2 Å². The quantitative estimate of drug-likeness (QED) is 0.580. The molecule has 1 saturated heterocycles. The zero-order chi connectivity index (χ0) is 25.4. The molecule has 0 spiro atoms. The van der Waals surface area contributed by atoms with Crippen LogP contribution in [0.1, 0.15) is 98.9 Å². The maximum absolute atomic E-state index is 12.8. The molecule has 2 aromatic rings. The molecule has 2 heterocycles. The molecule has 1 aromatic heterocycles. The topological polar surface area (TPSA) is 71.8 Å². The first-order valence-electron chi connectivity index (χ1n) is 13.0. The third-order valence-electron chi connectivity index (χ3n) is 7.92. The van der Waals surface area contributed by atoms with Crippen LogP contribution in [0.15, 0.2) is 28.7 Å². The number of piperidine rings is 1. The van der Waals surface area contributed by atoms with Crippen LogP contribution in [0.3, 0.4) is 0 Å². The van der Waals surface area contributed by atoms with E-state index in [0.717, 1.165) is 5.76 Å². The molecular weight excluding hydrogens is 440 g/mol. The molecule has 1 aromatic carbocycles. The number of carbonyl (C=O) groups is 2. The molecule has 2 amide bonds. The zero-order valence-electron chi connectivity index (χ0n) is 22.1. The van der Waals surface area contributed by atoms with Crippen LogP contribution >= 0.6 is 0 Å². The van der Waals surface area contributed by atoms with Crippen molar-refractivity contribution in [2.45, 2.75) is 90.5 Å². The minimum atomic E-state index is -0.280. The minimum absolute atomic E-state index is 0.0233. The first-order chi connectivity index (χ1) is 16.5. The zero-order valence-corrected chi connectivity index (χ0v) is 22.1. The molecular formula is C29H40N2O4. The average Bonchev–Trinajstić information content (AvgIpc) is 3.27. The molecule has 0 atom stereocenters. The Hall–Kier alpha value is -2.76. The number of hydrogen-bond donors (Lipinski definition) is 1. The van der Waals surface area contributed by atoms with E-state index >= 15 is 0 Å². The average molecular weight is 481 g/mol. The summed E-state index contributed by atoms with van der Waals surface area (Å²) < 4.78 is 11.0. The molecule has 1 aliphatic heterocycles. The summed E-state index contributed by atoms with van der Waals surface area (Å²) in [6, 6.07) is 8.43. The van der Waals surface area contributed by atoms with Crippen LogP contribution < -0.4 is 5.32 Å². The van der Waals surface area contributed by atoms with Crippen molar-refractivity contribution >= 4 is 12.0 Å². The lowest BCUT2D eigenvalue weighted by Gasteiger charge is -2.42. The molecule has 6 nitrogen and oxygen atoms in total. The van der Waals surface area contributed by atoms with Crippen LogP contribution in [0.25, 0.3) is 0 Å². The van der Waals surface area contributed by atoms with Gasteiger partial charge in [-0.3, -0.25) is 4.79 Å². The van der Waals surface area contributed by atoms with E-state index in [1.807, 2.05) is 6.07 Å². The molecule has 1 fully saturated rings. The second kappa shape index (κ2) is 9.71. The van der Waals surface area contributed by atoms with E-state index in [1.165, 1.54) is 35.1 Å². The standard InChI is InChI=1S/C29H40N2O4/c1-7-34-27(33)31-14-10-21(11-15-31)30-26(32)25-9-8-22(35-25)17-20-18-24-23(16-19(20)2)28(3,4)12-13-29(24,5)6/h8-9,16,18,21H,7,10-15,17H2,1-6H3,(H,30,32). The Morgan fingerprint density at radius 3 is 2.31 bits per heavy atom. The van der Waals surface area contributed by atoms with Crippen molar-refractivity contribution in [1.29, 1.82) is 0 Å². The molecule has 4 rings (SSSR count). The van der Waals surface area contributed by atoms with Crippen molar-refractivity contribution in [3.05, 3.63) is 58.0 Å². The summed E-state index contributed by atoms with van der Waals surface area (Å²) in [6.45, 7) is 14.9. The molecule has 0 saturated carbocycles. The van der Waals surface area contributed by atoms with Gasteiger partial charge in [0.15, 0.2) is 5.76 Å². The second-order valence-electron chi connectivity index (χ2n) is 11.5. The van der Waals surface area contributed by atoms with Gasteiger partial charge in [-0.15, -0.1) is 0 Å². The first kappa shape index (κ1) is 25.3. The predicted molar refractivity (Wildman–Crippen MR) is 137 cm³/mol. The summed E-state index contributed by atoms with van der Waals surface area (Å²) in [5.41, 5.74) is 5.77. The highest BCUT2D eigenvalue weighted by Crippen LogP contribution is 2.46. The van der Waals surface area contributed by atoms with Gasteiger partial charge in [-0.25, -0.2) is 4.79 Å². The SMILES string of the molecule is CCOC(=O)N1CCC(NC(=O)c2ccc(Cc3cc4c(cc3C)C(C)(C)CCC4(C)C)o2)CC1. The maximum atomic E-state index is 12.8. The molecule has 190 valence electrons. The van der Waals surface area contributed by atoms with Crippen LogP contribution in [0.4, 0.5) is 4.79 Å². The van der Waals surface area contributed by atoms with Crippen molar-refractivity contribution in [3.63, 3.8) is 0 Å². The molecule has 35 heavy (non-hydrogen) atoms. The summed E-state index contributed by atoms with van der Waals surface area (Å²) in [6.07, 6.45) is 4.18. The van der Waals surface area contributed by atoms with Gasteiger partial charge in [-0.1, -0.05) is 39.8 Å². The minimum Gasteiger partial charge on any atom is -0.456 e. The molecule has 6 heteroatoms. The van der Waals surface area contributed by atoms with Gasteiger partial charge >= 0.3 is 6.09 Å². The third-order valence-corrected chi connectivity index (χ3v) is 7.92. The smallest absolute Gasteiger partial charge is 0.409 e. The van der Waals surface area contributed by atoms with Gasteiger partial charge < -0.3 is 19.4 Å². The fourth-order valence-corrected chi connectivity index (χ4v) is 5.42. The van der Waals surface area contributed by atoms with E-state index in [4.69, 9.17) is 9.15 Å². The van der Waals surface area contributed by atoms with E-state index in [2.05, 4.69) is 52.1 Å². The Morgan fingerprint density at radius 2 is 1.69 bits per heavy atom. The van der Waals surface area contributed by atoms with E-state index in [-0.39, 0.29) is 28.9 Å². The first-order valence-corrected chi connectivity index (χ1v) is 13.0. The lowest BCUT2D eigenvalue weighted by Crippen LogP contribution is -2.46. The number of aryl methyl sites for hydroxylation is 1. The Balaban J connectivity index is 1.41. The summed E-state index contributed by atoms with van der Waals surface area (Å²) >= 11 is 0. The molecule has 1 N–H and O–H groups in total. The van der Waals surface area contributed by atoms with E-state index < -0.39 is 0 Å². The summed E-state index contributed by atoms with van der Waals surface area (Å²) in [5, 5.41) is 3.06. The number of hydrogen-bond acceptors (Lipinski definition) is 4. The van der Waals surface area contributed by atoms with Gasteiger partial charge in [0.05, 0.1) is 6.61 Å². The Bertz CT molecular complexity index is 1090. The predicted octanol–water partition coefficient (Wildman–Crippen LogP) is 5.88. The fourth-order valence-electron chi connectivity index (χ4n) is 5.42. The number of ether oxygens (including phenoxy) is 1. The van der Waals surface area contributed by atoms with Gasteiger partial charge in [-0.2, -0.15) is 0 Å². The van der Waals surface area contributed by atoms with Crippen molar-refractivity contribution < 1.29 is 18.7 Å². The Kier molecular flexibility index (Phi) is 7.03. The fraction of sp³-hybridized carbons (Fsp3) is 0.586. The van der Waals surface area contributed by atoms with E-state index in [1.54, 1.807) is 17.9 Å². The number of amides is 2. The van der Waals surface area contributed by atoms with Crippen molar-refractivity contribution in [2.24, 2.45) is 0 Å². The number of nitrogens with one attached hydrogen (secondary N) is 1. The largest absolute Gasteiger partial charge is 0.456 e. The number of carbonyl (C=O) groups excluding carboxylic acids is 2. The van der Waals surface area contributed by atoms with Crippen molar-refractivity contribution in [2.75, 3.05) is 19.7 Å². The number of furan rings is 1. The van der Waals surface area contributed by atoms with Gasteiger partial charge in [0, 0.05) is 25.6 Å². The van der Waals surface area contributed by atoms with Gasteiger partial charge in [0.1, 0.15) is 5.76 Å². The Labute approximate surface area is 209 Å². The third kappa shape index (κ3) is 5.41.